The Morgan fingerprint density at radius 2 is 2.05 bits per heavy atom. The summed E-state index contributed by atoms with van der Waals surface area (Å²) in [6.45, 7) is 6.70. The third kappa shape index (κ3) is 3.85. The van der Waals surface area contributed by atoms with Crippen molar-refractivity contribution in [1.29, 1.82) is 0 Å². The van der Waals surface area contributed by atoms with Crippen LogP contribution in [0.5, 0.6) is 0 Å². The normalized spacial score (nSPS) is 14.2. The molecule has 1 aromatic heterocycles. The van der Waals surface area contributed by atoms with E-state index in [1.165, 1.54) is 0 Å². The average molecular weight is 303 g/mol. The predicted molar refractivity (Wildman–Crippen MR) is 87.5 cm³/mol. The summed E-state index contributed by atoms with van der Waals surface area (Å²) in [5.41, 5.74) is 1.83. The number of carbonyl (C=O) groups excluding carboxylic acids is 1. The van der Waals surface area contributed by atoms with E-state index in [1.807, 2.05) is 35.8 Å². The molecule has 22 heavy (non-hydrogen) atoms. The lowest BCUT2D eigenvalue weighted by atomic mass is 9.98. The number of hydrogen-bond acceptors (Lipinski definition) is 3. The van der Waals surface area contributed by atoms with Crippen LogP contribution in [-0.4, -0.2) is 33.7 Å². The molecule has 1 heterocycles. The highest BCUT2D eigenvalue weighted by atomic mass is 16.3. The van der Waals surface area contributed by atoms with E-state index in [1.54, 1.807) is 6.33 Å². The van der Waals surface area contributed by atoms with Gasteiger partial charge in [0.2, 0.25) is 5.91 Å². The van der Waals surface area contributed by atoms with Gasteiger partial charge in [-0.05, 0) is 37.3 Å². The van der Waals surface area contributed by atoms with E-state index >= 15 is 0 Å². The molecule has 5 nitrogen and oxygen atoms in total. The van der Waals surface area contributed by atoms with Crippen molar-refractivity contribution in [1.82, 2.24) is 14.9 Å². The van der Waals surface area contributed by atoms with Gasteiger partial charge in [0.05, 0.1) is 17.4 Å². The number of aliphatic hydroxyl groups is 1. The Labute approximate surface area is 131 Å². The van der Waals surface area contributed by atoms with E-state index < -0.39 is 0 Å². The number of imidazole rings is 1. The minimum absolute atomic E-state index is 0.0506. The molecule has 0 aliphatic heterocycles. The topological polar surface area (TPSA) is 67.2 Å². The van der Waals surface area contributed by atoms with Gasteiger partial charge in [-0.15, -0.1) is 0 Å². The van der Waals surface area contributed by atoms with Crippen LogP contribution in [0.3, 0.4) is 0 Å². The molecule has 2 atom stereocenters. The van der Waals surface area contributed by atoms with E-state index in [0.29, 0.717) is 12.5 Å². The van der Waals surface area contributed by atoms with Crippen molar-refractivity contribution in [2.24, 2.45) is 11.8 Å². The molecule has 0 saturated heterocycles. The Hall–Kier alpha value is -1.88. The van der Waals surface area contributed by atoms with Gasteiger partial charge in [-0.1, -0.05) is 26.0 Å². The number of hydrogen-bond donors (Lipinski definition) is 2. The number of aromatic nitrogens is 2. The zero-order chi connectivity index (χ0) is 16.1. The Bertz CT molecular complexity index is 621. The van der Waals surface area contributed by atoms with Gasteiger partial charge in [0, 0.05) is 13.2 Å². The maximum Gasteiger partial charge on any atom is 0.242 e. The van der Waals surface area contributed by atoms with Crippen LogP contribution >= 0.6 is 0 Å². The Morgan fingerprint density at radius 1 is 1.32 bits per heavy atom. The first kappa shape index (κ1) is 16.5. The average Bonchev–Trinajstić information content (AvgIpc) is 2.93. The molecule has 1 amide bonds. The van der Waals surface area contributed by atoms with Gasteiger partial charge < -0.3 is 15.0 Å². The number of rotatable bonds is 7. The quantitative estimate of drug-likeness (QED) is 0.825. The lowest BCUT2D eigenvalue weighted by Crippen LogP contribution is -2.35. The van der Waals surface area contributed by atoms with E-state index in [2.05, 4.69) is 24.1 Å². The SMILES string of the molecule is CC(C)C[C@@H](CO)CNC(=O)[C@@H](C)n1cnc2ccccc21. The van der Waals surface area contributed by atoms with Crippen LogP contribution in [0.15, 0.2) is 30.6 Å². The molecular formula is C17H25N3O2. The largest absolute Gasteiger partial charge is 0.396 e. The summed E-state index contributed by atoms with van der Waals surface area (Å²) < 4.78 is 1.88. The van der Waals surface area contributed by atoms with Crippen LogP contribution in [0, 0.1) is 11.8 Å². The van der Waals surface area contributed by atoms with Gasteiger partial charge in [0.15, 0.2) is 0 Å². The number of nitrogens with one attached hydrogen (secondary N) is 1. The molecule has 0 unspecified atom stereocenters. The number of fused-ring (bicyclic) bond motifs is 1. The second kappa shape index (κ2) is 7.40. The zero-order valence-electron chi connectivity index (χ0n) is 13.5. The molecule has 120 valence electrons. The summed E-state index contributed by atoms with van der Waals surface area (Å²) in [6.07, 6.45) is 2.60. The lowest BCUT2D eigenvalue weighted by Gasteiger charge is -2.19. The highest BCUT2D eigenvalue weighted by Crippen LogP contribution is 2.17. The van der Waals surface area contributed by atoms with E-state index in [9.17, 15) is 9.90 Å². The minimum Gasteiger partial charge on any atom is -0.396 e. The van der Waals surface area contributed by atoms with Gasteiger partial charge in [-0.3, -0.25) is 4.79 Å². The van der Waals surface area contributed by atoms with Gasteiger partial charge in [0.1, 0.15) is 6.04 Å². The first-order valence-electron chi connectivity index (χ1n) is 7.83. The van der Waals surface area contributed by atoms with E-state index in [4.69, 9.17) is 0 Å². The number of amides is 1. The van der Waals surface area contributed by atoms with Crippen LogP contribution in [0.25, 0.3) is 11.0 Å². The second-order valence-electron chi connectivity index (χ2n) is 6.24. The molecule has 2 rings (SSSR count). The summed E-state index contributed by atoms with van der Waals surface area (Å²) in [5.74, 6) is 0.560. The summed E-state index contributed by atoms with van der Waals surface area (Å²) in [5, 5.41) is 12.3. The molecule has 0 bridgehead atoms. The van der Waals surface area contributed by atoms with Gasteiger partial charge in [-0.25, -0.2) is 4.98 Å². The first-order chi connectivity index (χ1) is 10.5. The van der Waals surface area contributed by atoms with Crippen molar-refractivity contribution in [3.8, 4) is 0 Å². The fourth-order valence-electron chi connectivity index (χ4n) is 2.69. The Kier molecular flexibility index (Phi) is 5.55. The number of para-hydroxylation sites is 2. The van der Waals surface area contributed by atoms with Crippen molar-refractivity contribution < 1.29 is 9.90 Å². The Balaban J connectivity index is 2.00. The molecule has 0 radical (unpaired) electrons. The van der Waals surface area contributed by atoms with Crippen molar-refractivity contribution in [3.63, 3.8) is 0 Å². The van der Waals surface area contributed by atoms with Crippen LogP contribution in [0.4, 0.5) is 0 Å². The molecule has 2 N–H and O–H groups in total. The molecule has 2 aromatic rings. The third-order valence-electron chi connectivity index (χ3n) is 3.91. The van der Waals surface area contributed by atoms with Crippen molar-refractivity contribution in [2.45, 2.75) is 33.2 Å². The number of nitrogens with zero attached hydrogens (tertiary/aromatic N) is 2. The highest BCUT2D eigenvalue weighted by molar-refractivity contribution is 5.83. The van der Waals surface area contributed by atoms with Crippen LogP contribution in [-0.2, 0) is 4.79 Å². The fraction of sp³-hybridized carbons (Fsp3) is 0.529. The molecule has 0 aliphatic rings. The predicted octanol–water partition coefficient (Wildman–Crippen LogP) is 2.37. The monoisotopic (exact) mass is 303 g/mol. The molecular weight excluding hydrogens is 278 g/mol. The molecule has 0 fully saturated rings. The first-order valence-corrected chi connectivity index (χ1v) is 7.83. The molecule has 0 aliphatic carbocycles. The maximum absolute atomic E-state index is 12.3. The third-order valence-corrected chi connectivity index (χ3v) is 3.91. The van der Waals surface area contributed by atoms with Crippen molar-refractivity contribution in [3.05, 3.63) is 30.6 Å². The van der Waals surface area contributed by atoms with Gasteiger partial charge in [0.25, 0.3) is 0 Å². The van der Waals surface area contributed by atoms with E-state index in [0.717, 1.165) is 17.5 Å². The number of benzene rings is 1. The standard InChI is InChI=1S/C17H25N3O2/c1-12(2)8-14(10-21)9-18-17(22)13(3)20-11-19-15-6-4-5-7-16(15)20/h4-7,11-14,21H,8-10H2,1-3H3,(H,18,22)/t13-,14-/m1/s1. The molecule has 5 heteroatoms. The summed E-state index contributed by atoms with van der Waals surface area (Å²) in [7, 11) is 0. The summed E-state index contributed by atoms with van der Waals surface area (Å²) in [4.78, 5) is 16.7. The van der Waals surface area contributed by atoms with Gasteiger partial charge in [-0.2, -0.15) is 0 Å². The zero-order valence-corrected chi connectivity index (χ0v) is 13.5. The minimum atomic E-state index is -0.328. The van der Waals surface area contributed by atoms with Crippen LogP contribution in [0.1, 0.15) is 33.2 Å². The second-order valence-corrected chi connectivity index (χ2v) is 6.24. The summed E-state index contributed by atoms with van der Waals surface area (Å²) in [6, 6.07) is 7.44. The van der Waals surface area contributed by atoms with Gasteiger partial charge >= 0.3 is 0 Å². The van der Waals surface area contributed by atoms with E-state index in [-0.39, 0.29) is 24.5 Å². The maximum atomic E-state index is 12.3. The Morgan fingerprint density at radius 3 is 2.73 bits per heavy atom. The van der Waals surface area contributed by atoms with Crippen molar-refractivity contribution >= 4 is 16.9 Å². The van der Waals surface area contributed by atoms with Crippen molar-refractivity contribution in [2.75, 3.05) is 13.2 Å². The molecule has 0 spiro atoms. The fourth-order valence-corrected chi connectivity index (χ4v) is 2.69. The number of aliphatic hydroxyl groups excluding tert-OH is 1. The van der Waals surface area contributed by atoms with Crippen LogP contribution < -0.4 is 5.32 Å². The number of carbonyl (C=O) groups is 1. The highest BCUT2D eigenvalue weighted by Gasteiger charge is 2.18. The molecule has 1 aromatic carbocycles. The molecule has 0 saturated carbocycles. The van der Waals surface area contributed by atoms with Crippen LogP contribution in [0.2, 0.25) is 0 Å². The smallest absolute Gasteiger partial charge is 0.242 e. The lowest BCUT2D eigenvalue weighted by molar-refractivity contribution is -0.124. The summed E-state index contributed by atoms with van der Waals surface area (Å²) >= 11 is 0.